The number of nitrogens with zero attached hydrogens (tertiary/aromatic N) is 1. The van der Waals surface area contributed by atoms with Gasteiger partial charge in [0, 0.05) is 30.3 Å². The fraction of sp³-hybridized carbons (Fsp3) is 0.286. The van der Waals surface area contributed by atoms with Crippen molar-refractivity contribution in [3.63, 3.8) is 0 Å². The molecule has 0 saturated heterocycles. The van der Waals surface area contributed by atoms with Gasteiger partial charge in [-0.25, -0.2) is 0 Å². The summed E-state index contributed by atoms with van der Waals surface area (Å²) in [5.74, 6) is 0.151. The molecule has 1 aromatic carbocycles. The number of Topliss-reactive ketones (excluding diaryl/α,β-unsaturated/α-hetero) is 1. The fourth-order valence-electron chi connectivity index (χ4n) is 2.69. The van der Waals surface area contributed by atoms with Crippen LogP contribution in [0.15, 0.2) is 24.3 Å². The summed E-state index contributed by atoms with van der Waals surface area (Å²) in [4.78, 5) is 22.7. The van der Waals surface area contributed by atoms with Crippen molar-refractivity contribution in [1.29, 1.82) is 0 Å². The lowest BCUT2D eigenvalue weighted by Gasteiger charge is -2.15. The van der Waals surface area contributed by atoms with Crippen LogP contribution in [0.1, 0.15) is 28.9 Å². The van der Waals surface area contributed by atoms with Crippen LogP contribution < -0.4 is 0 Å². The van der Waals surface area contributed by atoms with E-state index in [0.717, 1.165) is 35.1 Å². The topological polar surface area (TPSA) is 39.1 Å². The van der Waals surface area contributed by atoms with Crippen LogP contribution in [0.2, 0.25) is 0 Å². The zero-order valence-electron chi connectivity index (χ0n) is 9.40. The minimum absolute atomic E-state index is 0.151. The number of ketones is 1. The Morgan fingerprint density at radius 3 is 2.94 bits per heavy atom. The van der Waals surface area contributed by atoms with Gasteiger partial charge in [-0.15, -0.1) is 0 Å². The van der Waals surface area contributed by atoms with E-state index in [2.05, 4.69) is 0 Å². The van der Waals surface area contributed by atoms with E-state index in [1.54, 1.807) is 0 Å². The molecular weight excluding hydrogens is 214 g/mol. The van der Waals surface area contributed by atoms with Gasteiger partial charge in [-0.2, -0.15) is 0 Å². The van der Waals surface area contributed by atoms with E-state index < -0.39 is 0 Å². The second kappa shape index (κ2) is 3.84. The largest absolute Gasteiger partial charge is 0.338 e. The van der Waals surface area contributed by atoms with Gasteiger partial charge in [-0.3, -0.25) is 9.59 Å². The van der Waals surface area contributed by atoms with Crippen molar-refractivity contribution >= 4 is 23.0 Å². The number of hydrogen-bond acceptors (Lipinski definition) is 2. The Morgan fingerprint density at radius 1 is 1.29 bits per heavy atom. The van der Waals surface area contributed by atoms with E-state index in [9.17, 15) is 9.59 Å². The van der Waals surface area contributed by atoms with Crippen molar-refractivity contribution in [2.45, 2.75) is 25.8 Å². The first-order valence-electron chi connectivity index (χ1n) is 5.81. The van der Waals surface area contributed by atoms with E-state index in [1.165, 1.54) is 0 Å². The molecule has 1 aliphatic heterocycles. The smallest absolute Gasteiger partial charge is 0.203 e. The van der Waals surface area contributed by atoms with Crippen LogP contribution >= 0.6 is 0 Å². The van der Waals surface area contributed by atoms with Crippen molar-refractivity contribution in [3.05, 3.63) is 35.5 Å². The number of benzene rings is 1. The normalized spacial score (nSPS) is 14.9. The molecular formula is C14H12NO2. The van der Waals surface area contributed by atoms with E-state index >= 15 is 0 Å². The van der Waals surface area contributed by atoms with Gasteiger partial charge < -0.3 is 4.57 Å². The number of fused-ring (bicyclic) bond motifs is 3. The van der Waals surface area contributed by atoms with Crippen molar-refractivity contribution in [1.82, 2.24) is 4.57 Å². The number of para-hydroxylation sites is 1. The number of aromatic nitrogens is 1. The minimum atomic E-state index is 0.151. The fourth-order valence-corrected chi connectivity index (χ4v) is 2.69. The number of carbonyl (C=O) groups is 1. The lowest BCUT2D eigenvalue weighted by Crippen LogP contribution is -2.17. The van der Waals surface area contributed by atoms with Crippen LogP contribution in [-0.4, -0.2) is 16.6 Å². The molecule has 85 valence electrons. The second-order valence-electron chi connectivity index (χ2n) is 4.34. The Hall–Kier alpha value is -1.90. The zero-order chi connectivity index (χ0) is 11.8. The third kappa shape index (κ3) is 1.42. The molecule has 0 fully saturated rings. The first-order valence-corrected chi connectivity index (χ1v) is 5.81. The Morgan fingerprint density at radius 2 is 2.12 bits per heavy atom. The van der Waals surface area contributed by atoms with E-state index in [0.29, 0.717) is 6.42 Å². The summed E-state index contributed by atoms with van der Waals surface area (Å²) in [7, 11) is 0. The highest BCUT2D eigenvalue weighted by Crippen LogP contribution is 2.30. The van der Waals surface area contributed by atoms with E-state index in [-0.39, 0.29) is 12.2 Å². The summed E-state index contributed by atoms with van der Waals surface area (Å²) in [5, 5.41) is 1.01. The predicted molar refractivity (Wildman–Crippen MR) is 64.9 cm³/mol. The molecule has 3 rings (SSSR count). The molecule has 2 aromatic rings. The van der Waals surface area contributed by atoms with Crippen molar-refractivity contribution in [2.75, 3.05) is 0 Å². The van der Waals surface area contributed by atoms with Gasteiger partial charge in [0.2, 0.25) is 6.29 Å². The highest BCUT2D eigenvalue weighted by Gasteiger charge is 2.24. The average molecular weight is 226 g/mol. The Labute approximate surface area is 99.0 Å². The molecule has 1 aliphatic rings. The molecule has 0 bridgehead atoms. The van der Waals surface area contributed by atoms with Crippen LogP contribution in [0.25, 0.3) is 10.9 Å². The van der Waals surface area contributed by atoms with E-state index in [1.807, 2.05) is 35.1 Å². The minimum Gasteiger partial charge on any atom is -0.338 e. The third-order valence-electron chi connectivity index (χ3n) is 3.37. The van der Waals surface area contributed by atoms with Gasteiger partial charge in [0.15, 0.2) is 5.78 Å². The molecule has 2 heterocycles. The van der Waals surface area contributed by atoms with Crippen LogP contribution in [0.4, 0.5) is 0 Å². The first kappa shape index (κ1) is 10.3. The summed E-state index contributed by atoms with van der Waals surface area (Å²) in [6.07, 6.45) is 3.59. The summed E-state index contributed by atoms with van der Waals surface area (Å²) in [5.41, 5.74) is 2.63. The monoisotopic (exact) mass is 226 g/mol. The number of carbonyl (C=O) groups excluding carboxylic acids is 2. The lowest BCUT2D eigenvalue weighted by molar-refractivity contribution is 0.0955. The van der Waals surface area contributed by atoms with Crippen LogP contribution in [0.3, 0.4) is 0 Å². The number of rotatable bonds is 2. The standard InChI is InChI=1S/C14H12NO2/c16-9-7-11-10-4-1-2-5-12(10)15-8-3-6-13(17)14(11)15/h1-2,4-5H,3,6-8H2. The molecule has 3 nitrogen and oxygen atoms in total. The number of aryl methyl sites for hydroxylation is 1. The quantitative estimate of drug-likeness (QED) is 0.788. The maximum Gasteiger partial charge on any atom is 0.203 e. The third-order valence-corrected chi connectivity index (χ3v) is 3.37. The van der Waals surface area contributed by atoms with Gasteiger partial charge in [0.1, 0.15) is 0 Å². The summed E-state index contributed by atoms with van der Waals surface area (Å²) >= 11 is 0. The SMILES string of the molecule is O=[C]Cc1c2n(c3ccccc13)CCCC2=O. The summed E-state index contributed by atoms with van der Waals surface area (Å²) in [6.45, 7) is 0.862. The molecule has 0 aliphatic carbocycles. The molecule has 0 N–H and O–H groups in total. The van der Waals surface area contributed by atoms with Crippen LogP contribution in [0, 0.1) is 0 Å². The summed E-state index contributed by atoms with van der Waals surface area (Å²) < 4.78 is 2.05. The molecule has 1 radical (unpaired) electrons. The average Bonchev–Trinajstić information content (AvgIpc) is 2.67. The van der Waals surface area contributed by atoms with Gasteiger partial charge >= 0.3 is 0 Å². The maximum atomic E-state index is 12.0. The predicted octanol–water partition coefficient (Wildman–Crippen LogP) is 2.27. The second-order valence-corrected chi connectivity index (χ2v) is 4.34. The number of hydrogen-bond donors (Lipinski definition) is 0. The van der Waals surface area contributed by atoms with Gasteiger partial charge in [0.25, 0.3) is 0 Å². The van der Waals surface area contributed by atoms with Gasteiger partial charge in [0.05, 0.1) is 5.69 Å². The highest BCUT2D eigenvalue weighted by atomic mass is 16.1. The highest BCUT2D eigenvalue weighted by molar-refractivity contribution is 6.04. The van der Waals surface area contributed by atoms with Crippen molar-refractivity contribution in [2.24, 2.45) is 0 Å². The van der Waals surface area contributed by atoms with Crippen molar-refractivity contribution in [3.8, 4) is 0 Å². The van der Waals surface area contributed by atoms with Gasteiger partial charge in [-0.1, -0.05) is 18.2 Å². The Kier molecular flexibility index (Phi) is 2.32. The van der Waals surface area contributed by atoms with Crippen LogP contribution in [0.5, 0.6) is 0 Å². The Balaban J connectivity index is 2.38. The van der Waals surface area contributed by atoms with Crippen LogP contribution in [-0.2, 0) is 17.8 Å². The van der Waals surface area contributed by atoms with Gasteiger partial charge in [-0.05, 0) is 18.1 Å². The maximum absolute atomic E-state index is 12.0. The molecule has 0 atom stereocenters. The molecule has 0 amide bonds. The van der Waals surface area contributed by atoms with E-state index in [4.69, 9.17) is 0 Å². The molecule has 0 unspecified atom stereocenters. The molecule has 3 heteroatoms. The Bertz CT molecular complexity index is 610. The molecule has 0 spiro atoms. The summed E-state index contributed by atoms with van der Waals surface area (Å²) in [6, 6.07) is 7.88. The van der Waals surface area contributed by atoms with Crippen molar-refractivity contribution < 1.29 is 9.59 Å². The first-order chi connectivity index (χ1) is 8.33. The zero-order valence-corrected chi connectivity index (χ0v) is 9.40. The molecule has 17 heavy (non-hydrogen) atoms. The lowest BCUT2D eigenvalue weighted by atomic mass is 10.0. The molecule has 0 saturated carbocycles. The molecule has 1 aromatic heterocycles.